The van der Waals surface area contributed by atoms with Crippen LogP contribution in [-0.4, -0.2) is 129 Å². The lowest BCUT2D eigenvalue weighted by atomic mass is 9.86. The molecule has 5 atom stereocenters. The largest absolute Gasteiger partial charge is 0.442 e. The molecule has 3 aliphatic rings. The Morgan fingerprint density at radius 2 is 1.64 bits per heavy atom. The summed E-state index contributed by atoms with van der Waals surface area (Å²) in [6.45, 7) is 13.4. The molecular formula is C38H55FN4O7. The summed E-state index contributed by atoms with van der Waals surface area (Å²) in [6.07, 6.45) is 6.33. The molecule has 50 heavy (non-hydrogen) atoms. The number of carbonyl (C=O) groups excluding carboxylic acids is 4. The molecule has 4 rings (SSSR count). The summed E-state index contributed by atoms with van der Waals surface area (Å²) in [5.41, 5.74) is 1.67. The fourth-order valence-electron chi connectivity index (χ4n) is 6.73. The maximum atomic E-state index is 14.9. The summed E-state index contributed by atoms with van der Waals surface area (Å²) in [5.74, 6) is -1.20. The van der Waals surface area contributed by atoms with Gasteiger partial charge in [0.15, 0.2) is 0 Å². The van der Waals surface area contributed by atoms with Crippen LogP contribution < -0.4 is 4.90 Å². The molecule has 12 heteroatoms. The van der Waals surface area contributed by atoms with Crippen LogP contribution in [0.4, 0.5) is 14.9 Å². The predicted molar refractivity (Wildman–Crippen MR) is 190 cm³/mol. The number of hydrogen-bond donors (Lipinski definition) is 1. The van der Waals surface area contributed by atoms with Gasteiger partial charge in [0.05, 0.1) is 24.7 Å². The van der Waals surface area contributed by atoms with E-state index in [1.54, 1.807) is 4.90 Å². The number of amides is 2. The van der Waals surface area contributed by atoms with Crippen molar-refractivity contribution in [2.24, 2.45) is 23.2 Å². The maximum absolute atomic E-state index is 14.9. The summed E-state index contributed by atoms with van der Waals surface area (Å²) < 4.78 is 26.1. The van der Waals surface area contributed by atoms with Crippen molar-refractivity contribution in [1.29, 1.82) is 0 Å². The predicted octanol–water partition coefficient (Wildman–Crippen LogP) is 4.04. The van der Waals surface area contributed by atoms with Gasteiger partial charge in [-0.3, -0.25) is 4.79 Å². The number of rotatable bonds is 15. The van der Waals surface area contributed by atoms with Crippen molar-refractivity contribution in [3.05, 3.63) is 47.3 Å². The van der Waals surface area contributed by atoms with Crippen LogP contribution in [0.2, 0.25) is 0 Å². The van der Waals surface area contributed by atoms with E-state index in [4.69, 9.17) is 9.47 Å². The van der Waals surface area contributed by atoms with Gasteiger partial charge in [-0.15, -0.1) is 0 Å². The van der Waals surface area contributed by atoms with Gasteiger partial charge in [0.1, 0.15) is 24.5 Å². The van der Waals surface area contributed by atoms with E-state index in [2.05, 4.69) is 9.80 Å². The van der Waals surface area contributed by atoms with Crippen LogP contribution in [0.15, 0.2) is 35.9 Å². The maximum Gasteiger partial charge on any atom is 0.410 e. The Hall–Kier alpha value is -3.61. The first-order valence-electron chi connectivity index (χ1n) is 17.8. The smallest absolute Gasteiger partial charge is 0.410 e. The first-order chi connectivity index (χ1) is 23.8. The van der Waals surface area contributed by atoms with Crippen LogP contribution in [0.3, 0.4) is 0 Å². The van der Waals surface area contributed by atoms with Crippen molar-refractivity contribution >= 4 is 36.3 Å². The van der Waals surface area contributed by atoms with E-state index >= 15 is 0 Å². The quantitative estimate of drug-likeness (QED) is 0.214. The number of likely N-dealkylation sites (N-methyl/N-ethyl adjacent to an activating group) is 1. The number of aldehydes is 2. The van der Waals surface area contributed by atoms with Gasteiger partial charge in [-0.05, 0) is 75.4 Å². The zero-order chi connectivity index (χ0) is 36.4. The number of piperazine rings is 2. The molecular weight excluding hydrogens is 643 g/mol. The van der Waals surface area contributed by atoms with Crippen LogP contribution in [0.5, 0.6) is 0 Å². The molecule has 1 N–H and O–H groups in total. The lowest BCUT2D eigenvalue weighted by molar-refractivity contribution is -0.169. The molecule has 0 saturated carbocycles. The summed E-state index contributed by atoms with van der Waals surface area (Å²) in [6, 6.07) is 4.85. The van der Waals surface area contributed by atoms with E-state index in [-0.39, 0.29) is 30.0 Å². The minimum absolute atomic E-state index is 0.0537. The second-order valence-corrected chi connectivity index (χ2v) is 14.6. The third-order valence-electron chi connectivity index (χ3n) is 10.3. The highest BCUT2D eigenvalue weighted by Crippen LogP contribution is 2.31. The highest BCUT2D eigenvalue weighted by atomic mass is 19.1. The molecule has 0 aromatic heterocycles. The summed E-state index contributed by atoms with van der Waals surface area (Å²) in [4.78, 5) is 57.1. The molecule has 0 aliphatic carbocycles. The van der Waals surface area contributed by atoms with Crippen molar-refractivity contribution in [3.8, 4) is 0 Å². The monoisotopic (exact) mass is 698 g/mol. The Balaban J connectivity index is 1.43. The molecule has 0 spiro atoms. The lowest BCUT2D eigenvalue weighted by Crippen LogP contribution is -2.58. The number of aliphatic hydroxyl groups excluding tert-OH is 1. The number of nitrogens with zero attached hydrogens (tertiary/aromatic N) is 4. The molecule has 3 fully saturated rings. The Morgan fingerprint density at radius 1 is 0.980 bits per heavy atom. The summed E-state index contributed by atoms with van der Waals surface area (Å²) >= 11 is 0. The molecule has 3 heterocycles. The first kappa shape index (κ1) is 39.2. The third-order valence-corrected chi connectivity index (χ3v) is 10.3. The fourth-order valence-corrected chi connectivity index (χ4v) is 6.73. The van der Waals surface area contributed by atoms with Crippen molar-refractivity contribution in [2.75, 3.05) is 77.5 Å². The van der Waals surface area contributed by atoms with Crippen molar-refractivity contribution < 1.29 is 38.1 Å². The standard InChI is InChI=1S/C38H55FN4O7/c1-27(7-9-35(28(2)6-8-33(46)10-19-44)50-37(48)43-13-11-40(5)12-14-43)34(24-45)29(3)20-30-21-31(39)23-32(22-30)41-15-17-42(18-16-41)36(47)38(4)25-49-26-38/h7,9,19-24,27-28,33-35,46H,6,8,10-18,25-26H2,1-5H3/b9-7+,29-20+/t27-,28-,33+,34-,35-/m0/s1. The summed E-state index contributed by atoms with van der Waals surface area (Å²) in [5, 5.41) is 10.1. The van der Waals surface area contributed by atoms with Crippen molar-refractivity contribution in [1.82, 2.24) is 14.7 Å². The van der Waals surface area contributed by atoms with Crippen LogP contribution in [0.1, 0.15) is 52.5 Å². The zero-order valence-corrected chi connectivity index (χ0v) is 30.3. The molecule has 2 amide bonds. The Labute approximate surface area is 296 Å². The van der Waals surface area contributed by atoms with Gasteiger partial charge < -0.3 is 43.8 Å². The van der Waals surface area contributed by atoms with E-state index in [0.29, 0.717) is 77.2 Å². The molecule has 3 aliphatic heterocycles. The van der Waals surface area contributed by atoms with Crippen molar-refractivity contribution in [2.45, 2.75) is 59.2 Å². The van der Waals surface area contributed by atoms with Gasteiger partial charge in [0.25, 0.3) is 0 Å². The van der Waals surface area contributed by atoms with E-state index in [9.17, 15) is 28.7 Å². The average Bonchev–Trinajstić information content (AvgIpc) is 3.08. The normalized spacial score (nSPS) is 21.6. The SMILES string of the molecule is C/C(=C\c1cc(F)cc(N2CCN(C(=O)C3(C)COC3)CC2)c1)[C@@H](C=O)[C@@H](C)/C=C/[C@H](OC(=O)N1CCN(C)CC1)[C@@H](C)CC[C@@H](O)CC=O. The lowest BCUT2D eigenvalue weighted by Gasteiger charge is -2.43. The number of anilines is 1. The number of benzene rings is 1. The molecule has 1 aromatic rings. The molecule has 0 radical (unpaired) electrons. The number of halogens is 1. The second-order valence-electron chi connectivity index (χ2n) is 14.6. The van der Waals surface area contributed by atoms with E-state index in [1.807, 2.05) is 63.9 Å². The van der Waals surface area contributed by atoms with Gasteiger partial charge >= 0.3 is 6.09 Å². The number of carbonyl (C=O) groups is 4. The van der Waals surface area contributed by atoms with Gasteiger partial charge in [-0.2, -0.15) is 0 Å². The van der Waals surface area contributed by atoms with Crippen LogP contribution in [-0.2, 0) is 23.9 Å². The molecule has 3 saturated heterocycles. The third kappa shape index (κ3) is 10.5. The van der Waals surface area contributed by atoms with E-state index < -0.39 is 29.6 Å². The molecule has 0 bridgehead atoms. The Bertz CT molecular complexity index is 1380. The molecule has 276 valence electrons. The van der Waals surface area contributed by atoms with Gasteiger partial charge in [0.2, 0.25) is 5.91 Å². The van der Waals surface area contributed by atoms with Crippen LogP contribution in [0.25, 0.3) is 6.08 Å². The minimum atomic E-state index is -0.757. The minimum Gasteiger partial charge on any atom is -0.442 e. The highest BCUT2D eigenvalue weighted by Gasteiger charge is 2.44. The van der Waals surface area contributed by atoms with E-state index in [0.717, 1.165) is 30.6 Å². The highest BCUT2D eigenvalue weighted by molar-refractivity contribution is 5.83. The summed E-state index contributed by atoms with van der Waals surface area (Å²) in [7, 11) is 2.01. The van der Waals surface area contributed by atoms with Crippen LogP contribution >= 0.6 is 0 Å². The molecule has 0 unspecified atom stereocenters. The fraction of sp³-hybridized carbons (Fsp3) is 0.632. The first-order valence-corrected chi connectivity index (χ1v) is 17.8. The van der Waals surface area contributed by atoms with Crippen LogP contribution in [0, 0.1) is 29.0 Å². The zero-order valence-electron chi connectivity index (χ0n) is 30.3. The molecule has 11 nitrogen and oxygen atoms in total. The van der Waals surface area contributed by atoms with Gasteiger partial charge in [0, 0.05) is 70.4 Å². The topological polar surface area (TPSA) is 120 Å². The van der Waals surface area contributed by atoms with Gasteiger partial charge in [-0.25, -0.2) is 9.18 Å². The van der Waals surface area contributed by atoms with E-state index in [1.165, 1.54) is 12.1 Å². The number of allylic oxidation sites excluding steroid dienone is 2. The molecule has 1 aromatic carbocycles. The Kier molecular flexibility index (Phi) is 14.1. The van der Waals surface area contributed by atoms with Crippen molar-refractivity contribution in [3.63, 3.8) is 0 Å². The van der Waals surface area contributed by atoms with Gasteiger partial charge in [-0.1, -0.05) is 31.6 Å². The number of ether oxygens (including phenoxy) is 2. The Morgan fingerprint density at radius 3 is 2.24 bits per heavy atom. The second kappa shape index (κ2) is 18.1. The number of hydrogen-bond acceptors (Lipinski definition) is 9. The average molecular weight is 699 g/mol. The number of aliphatic hydroxyl groups is 1.